The van der Waals surface area contributed by atoms with Gasteiger partial charge in [-0.05, 0) is 25.1 Å². The molecule has 2 heterocycles. The van der Waals surface area contributed by atoms with E-state index in [0.717, 1.165) is 17.1 Å². The molecule has 1 aromatic carbocycles. The summed E-state index contributed by atoms with van der Waals surface area (Å²) in [7, 11) is 1.83. The zero-order valence-electron chi connectivity index (χ0n) is 10.1. The second-order valence-corrected chi connectivity index (χ2v) is 4.10. The van der Waals surface area contributed by atoms with E-state index in [1.165, 1.54) is 0 Å². The largest absolute Gasteiger partial charge is 0.454 e. The number of ether oxygens (including phenoxy) is 2. The van der Waals surface area contributed by atoms with E-state index in [-0.39, 0.29) is 6.79 Å². The van der Waals surface area contributed by atoms with Crippen LogP contribution in [0.3, 0.4) is 0 Å². The molecule has 0 atom stereocenters. The van der Waals surface area contributed by atoms with E-state index in [2.05, 4.69) is 11.1 Å². The van der Waals surface area contributed by atoms with Crippen LogP contribution in [0.2, 0.25) is 0 Å². The molecule has 0 saturated carbocycles. The Hall–Kier alpha value is -2.48. The fourth-order valence-corrected chi connectivity index (χ4v) is 1.98. The van der Waals surface area contributed by atoms with Crippen molar-refractivity contribution >= 4 is 0 Å². The van der Waals surface area contributed by atoms with Gasteiger partial charge in [-0.1, -0.05) is 0 Å². The molecule has 5 heteroatoms. The summed E-state index contributed by atoms with van der Waals surface area (Å²) in [5.74, 6) is 2.23. The van der Waals surface area contributed by atoms with E-state index >= 15 is 0 Å². The first-order valence-electron chi connectivity index (χ1n) is 5.54. The summed E-state index contributed by atoms with van der Waals surface area (Å²) < 4.78 is 12.4. The molecule has 0 aliphatic carbocycles. The van der Waals surface area contributed by atoms with Crippen molar-refractivity contribution in [3.05, 3.63) is 29.7 Å². The number of hydrogen-bond acceptors (Lipinski definition) is 4. The predicted octanol–water partition coefficient (Wildman–Crippen LogP) is 2.00. The van der Waals surface area contributed by atoms with Crippen molar-refractivity contribution in [1.29, 1.82) is 5.26 Å². The lowest BCUT2D eigenvalue weighted by Gasteiger charge is -2.01. The Balaban J connectivity index is 2.16. The third-order valence-electron chi connectivity index (χ3n) is 3.07. The van der Waals surface area contributed by atoms with Crippen LogP contribution in [-0.2, 0) is 7.05 Å². The first kappa shape index (κ1) is 10.7. The summed E-state index contributed by atoms with van der Waals surface area (Å²) in [6, 6.07) is 7.75. The van der Waals surface area contributed by atoms with Gasteiger partial charge in [0.2, 0.25) is 6.79 Å². The Labute approximate surface area is 104 Å². The smallest absolute Gasteiger partial charge is 0.231 e. The van der Waals surface area contributed by atoms with Crippen LogP contribution in [0.5, 0.6) is 11.5 Å². The van der Waals surface area contributed by atoms with Crippen molar-refractivity contribution in [3.8, 4) is 28.8 Å². The van der Waals surface area contributed by atoms with E-state index in [1.54, 1.807) is 4.57 Å². The molecule has 2 aromatic rings. The highest BCUT2D eigenvalue weighted by Crippen LogP contribution is 2.36. The molecule has 0 unspecified atom stereocenters. The number of rotatable bonds is 1. The Morgan fingerprint density at radius 1 is 1.33 bits per heavy atom. The SMILES string of the molecule is Cc1nc(-c2ccc3c(c2)OCO3)c(C#N)n1C. The highest BCUT2D eigenvalue weighted by Gasteiger charge is 2.18. The van der Waals surface area contributed by atoms with Crippen LogP contribution in [0, 0.1) is 18.3 Å². The summed E-state index contributed by atoms with van der Waals surface area (Å²) in [6.07, 6.45) is 0. The number of imidazole rings is 1. The van der Waals surface area contributed by atoms with Crippen LogP contribution in [0.25, 0.3) is 11.3 Å². The average Bonchev–Trinajstić information content (AvgIpc) is 2.94. The highest BCUT2D eigenvalue weighted by atomic mass is 16.7. The van der Waals surface area contributed by atoms with Crippen LogP contribution in [0.15, 0.2) is 18.2 Å². The minimum Gasteiger partial charge on any atom is -0.454 e. The summed E-state index contributed by atoms with van der Waals surface area (Å²) in [5.41, 5.74) is 2.08. The quantitative estimate of drug-likeness (QED) is 0.766. The number of hydrogen-bond donors (Lipinski definition) is 0. The summed E-state index contributed by atoms with van der Waals surface area (Å²) in [4.78, 5) is 4.42. The molecule has 5 nitrogen and oxygen atoms in total. The van der Waals surface area contributed by atoms with Crippen molar-refractivity contribution in [2.24, 2.45) is 7.05 Å². The van der Waals surface area contributed by atoms with Gasteiger partial charge in [0.1, 0.15) is 23.3 Å². The maximum atomic E-state index is 9.20. The average molecular weight is 241 g/mol. The lowest BCUT2D eigenvalue weighted by Crippen LogP contribution is -1.94. The predicted molar refractivity (Wildman–Crippen MR) is 64.2 cm³/mol. The Morgan fingerprint density at radius 2 is 2.11 bits per heavy atom. The topological polar surface area (TPSA) is 60.1 Å². The van der Waals surface area contributed by atoms with Crippen molar-refractivity contribution in [2.75, 3.05) is 6.79 Å². The van der Waals surface area contributed by atoms with Gasteiger partial charge in [-0.25, -0.2) is 4.98 Å². The van der Waals surface area contributed by atoms with Crippen LogP contribution in [0.4, 0.5) is 0 Å². The van der Waals surface area contributed by atoms with Crippen LogP contribution in [0.1, 0.15) is 11.5 Å². The molecule has 1 aliphatic rings. The Kier molecular flexibility index (Phi) is 2.23. The lowest BCUT2D eigenvalue weighted by atomic mass is 10.1. The zero-order chi connectivity index (χ0) is 12.7. The molecule has 0 amide bonds. The maximum absolute atomic E-state index is 9.20. The molecule has 1 aliphatic heterocycles. The van der Waals surface area contributed by atoms with Crippen LogP contribution < -0.4 is 9.47 Å². The Bertz CT molecular complexity index is 668. The van der Waals surface area contributed by atoms with Gasteiger partial charge in [-0.15, -0.1) is 0 Å². The van der Waals surface area contributed by atoms with Gasteiger partial charge in [0, 0.05) is 12.6 Å². The third-order valence-corrected chi connectivity index (χ3v) is 3.07. The normalized spacial score (nSPS) is 12.5. The van der Waals surface area contributed by atoms with E-state index in [4.69, 9.17) is 9.47 Å². The number of nitriles is 1. The zero-order valence-corrected chi connectivity index (χ0v) is 10.1. The second-order valence-electron chi connectivity index (χ2n) is 4.10. The molecule has 0 N–H and O–H groups in total. The first-order valence-corrected chi connectivity index (χ1v) is 5.54. The molecular weight excluding hydrogens is 230 g/mol. The van der Waals surface area contributed by atoms with Gasteiger partial charge in [0.15, 0.2) is 11.5 Å². The van der Waals surface area contributed by atoms with Gasteiger partial charge in [0.05, 0.1) is 0 Å². The number of nitrogens with zero attached hydrogens (tertiary/aromatic N) is 3. The summed E-state index contributed by atoms with van der Waals surface area (Å²) >= 11 is 0. The molecule has 18 heavy (non-hydrogen) atoms. The molecular formula is C13H11N3O2. The molecule has 0 saturated heterocycles. The second kappa shape index (κ2) is 3.77. The van der Waals surface area contributed by atoms with Crippen molar-refractivity contribution in [2.45, 2.75) is 6.92 Å². The highest BCUT2D eigenvalue weighted by molar-refractivity contribution is 5.69. The molecule has 0 radical (unpaired) electrons. The maximum Gasteiger partial charge on any atom is 0.231 e. The summed E-state index contributed by atoms with van der Waals surface area (Å²) in [5, 5.41) is 9.20. The number of benzene rings is 1. The van der Waals surface area contributed by atoms with Gasteiger partial charge >= 0.3 is 0 Å². The van der Waals surface area contributed by atoms with Crippen molar-refractivity contribution in [1.82, 2.24) is 9.55 Å². The molecule has 0 fully saturated rings. The minimum atomic E-state index is 0.241. The molecule has 3 rings (SSSR count). The minimum absolute atomic E-state index is 0.241. The monoisotopic (exact) mass is 241 g/mol. The van der Waals surface area contributed by atoms with E-state index in [9.17, 15) is 5.26 Å². The molecule has 0 spiro atoms. The first-order chi connectivity index (χ1) is 8.70. The number of aryl methyl sites for hydroxylation is 1. The van der Waals surface area contributed by atoms with Gasteiger partial charge in [-0.2, -0.15) is 5.26 Å². The van der Waals surface area contributed by atoms with E-state index in [1.807, 2.05) is 32.2 Å². The van der Waals surface area contributed by atoms with Crippen LogP contribution in [-0.4, -0.2) is 16.3 Å². The van der Waals surface area contributed by atoms with Crippen molar-refractivity contribution in [3.63, 3.8) is 0 Å². The Morgan fingerprint density at radius 3 is 2.89 bits per heavy atom. The van der Waals surface area contributed by atoms with Crippen LogP contribution >= 0.6 is 0 Å². The fraction of sp³-hybridized carbons (Fsp3) is 0.231. The lowest BCUT2D eigenvalue weighted by molar-refractivity contribution is 0.174. The third kappa shape index (κ3) is 1.43. The van der Waals surface area contributed by atoms with Gasteiger partial charge in [-0.3, -0.25) is 0 Å². The molecule has 0 bridgehead atoms. The molecule has 90 valence electrons. The van der Waals surface area contributed by atoms with Gasteiger partial charge < -0.3 is 14.0 Å². The van der Waals surface area contributed by atoms with Gasteiger partial charge in [0.25, 0.3) is 0 Å². The van der Waals surface area contributed by atoms with E-state index < -0.39 is 0 Å². The summed E-state index contributed by atoms with van der Waals surface area (Å²) in [6.45, 7) is 2.11. The standard InChI is InChI=1S/C13H11N3O2/c1-8-15-13(10(6-14)16(8)2)9-3-4-11-12(5-9)18-7-17-11/h3-5H,7H2,1-2H3. The number of fused-ring (bicyclic) bond motifs is 1. The van der Waals surface area contributed by atoms with E-state index in [0.29, 0.717) is 17.1 Å². The number of aromatic nitrogens is 2. The van der Waals surface area contributed by atoms with Crippen molar-refractivity contribution < 1.29 is 9.47 Å². The fourth-order valence-electron chi connectivity index (χ4n) is 1.98. The molecule has 1 aromatic heterocycles.